The summed E-state index contributed by atoms with van der Waals surface area (Å²) in [6.45, 7) is 6.43. The van der Waals surface area contributed by atoms with Crippen LogP contribution in [0, 0.1) is 0 Å². The summed E-state index contributed by atoms with van der Waals surface area (Å²) in [7, 11) is 0. The molecule has 1 amide bonds. The van der Waals surface area contributed by atoms with Crippen LogP contribution < -0.4 is 15.0 Å². The Hall–Kier alpha value is -4.35. The van der Waals surface area contributed by atoms with Gasteiger partial charge in [-0.3, -0.25) is 0 Å². The van der Waals surface area contributed by atoms with Crippen LogP contribution in [0.2, 0.25) is 0 Å². The van der Waals surface area contributed by atoms with Crippen LogP contribution in [0.15, 0.2) is 61.1 Å². The average Bonchev–Trinajstić information content (AvgIpc) is 3.70. The first-order valence-corrected chi connectivity index (χ1v) is 20.2. The number of carbonyl (C=O) groups excluding carboxylic acids is 2. The van der Waals surface area contributed by atoms with Gasteiger partial charge in [-0.1, -0.05) is 139 Å². The van der Waals surface area contributed by atoms with Gasteiger partial charge in [0, 0.05) is 12.3 Å². The number of hydrogen-bond acceptors (Lipinski definition) is 5. The molecule has 304 valence electrons. The molecular formula is C43H60F3N3O6. The number of rotatable bonds is 24. The maximum Gasteiger partial charge on any atom is 0.430 e. The van der Waals surface area contributed by atoms with E-state index in [2.05, 4.69) is 65.1 Å². The Kier molecular flexibility index (Phi) is 19.8. The largest absolute Gasteiger partial charge is 0.542 e. The minimum Gasteiger partial charge on any atom is -0.542 e. The Balaban J connectivity index is 0.00000106. The summed E-state index contributed by atoms with van der Waals surface area (Å²) in [6.07, 6.45) is 18.7. The zero-order valence-corrected chi connectivity index (χ0v) is 32.6. The predicted molar refractivity (Wildman–Crippen MR) is 204 cm³/mol. The molecule has 1 aliphatic rings. The zero-order chi connectivity index (χ0) is 40.1. The number of carboxylic acids is 2. The normalized spacial score (nSPS) is 12.7. The van der Waals surface area contributed by atoms with Crippen molar-refractivity contribution >= 4 is 18.0 Å². The van der Waals surface area contributed by atoms with Gasteiger partial charge in [-0.25, -0.2) is 18.7 Å². The van der Waals surface area contributed by atoms with Crippen LogP contribution in [0.1, 0.15) is 139 Å². The molecule has 1 aromatic heterocycles. The number of aryl methyl sites for hydroxylation is 2. The van der Waals surface area contributed by atoms with Crippen LogP contribution in [-0.2, 0) is 33.8 Å². The second kappa shape index (κ2) is 24.2. The van der Waals surface area contributed by atoms with Crippen molar-refractivity contribution in [2.75, 3.05) is 6.61 Å². The first-order chi connectivity index (χ1) is 26.5. The summed E-state index contributed by atoms with van der Waals surface area (Å²) in [4.78, 5) is 34.2. The summed E-state index contributed by atoms with van der Waals surface area (Å²) >= 11 is 0. The molecule has 2 N–H and O–H groups in total. The van der Waals surface area contributed by atoms with Crippen LogP contribution in [0.4, 0.5) is 18.0 Å². The van der Waals surface area contributed by atoms with E-state index < -0.39 is 30.2 Å². The molecule has 0 unspecified atom stereocenters. The number of imidazole rings is 1. The van der Waals surface area contributed by atoms with Crippen LogP contribution in [-0.4, -0.2) is 46.5 Å². The zero-order valence-electron chi connectivity index (χ0n) is 32.6. The van der Waals surface area contributed by atoms with Crippen LogP contribution >= 0.6 is 0 Å². The number of nitrogens with one attached hydrogen (secondary N) is 1. The van der Waals surface area contributed by atoms with Crippen molar-refractivity contribution < 1.29 is 47.1 Å². The number of halogens is 3. The summed E-state index contributed by atoms with van der Waals surface area (Å²) in [6, 6.07) is 15.3. The van der Waals surface area contributed by atoms with Gasteiger partial charge in [-0.05, 0) is 47.9 Å². The summed E-state index contributed by atoms with van der Waals surface area (Å²) < 4.78 is 41.7. The molecule has 1 heterocycles. The molecule has 0 aliphatic heterocycles. The smallest absolute Gasteiger partial charge is 0.430 e. The molecule has 55 heavy (non-hydrogen) atoms. The minimum absolute atomic E-state index is 0.0781. The van der Waals surface area contributed by atoms with E-state index >= 15 is 0 Å². The van der Waals surface area contributed by atoms with Gasteiger partial charge >= 0.3 is 18.2 Å². The molecule has 9 nitrogen and oxygen atoms in total. The van der Waals surface area contributed by atoms with E-state index in [-0.39, 0.29) is 18.9 Å². The Morgan fingerprint density at radius 2 is 1.27 bits per heavy atom. The van der Waals surface area contributed by atoms with E-state index in [0.717, 1.165) is 53.9 Å². The van der Waals surface area contributed by atoms with Gasteiger partial charge in [0.25, 0.3) is 0 Å². The van der Waals surface area contributed by atoms with Gasteiger partial charge in [0.1, 0.15) is 30.5 Å². The topological polar surface area (TPSA) is 125 Å². The van der Waals surface area contributed by atoms with Crippen molar-refractivity contribution in [3.63, 3.8) is 0 Å². The van der Waals surface area contributed by atoms with Crippen molar-refractivity contribution in [2.24, 2.45) is 0 Å². The molecule has 0 saturated carbocycles. The molecular weight excluding hydrogens is 711 g/mol. The molecule has 3 aromatic rings. The van der Waals surface area contributed by atoms with Gasteiger partial charge in [0.05, 0.1) is 13.1 Å². The first kappa shape index (κ1) is 45.0. The van der Waals surface area contributed by atoms with Crippen molar-refractivity contribution in [2.45, 2.75) is 154 Å². The highest BCUT2D eigenvalue weighted by molar-refractivity contribution is 5.81. The number of alkyl carbamates (subject to hydrolysis) is 1. The van der Waals surface area contributed by atoms with E-state index in [1.807, 2.05) is 24.3 Å². The highest BCUT2D eigenvalue weighted by Gasteiger charge is 2.31. The number of aliphatic carboxylic acids is 2. The maximum absolute atomic E-state index is 13.0. The Labute approximate surface area is 324 Å². The van der Waals surface area contributed by atoms with Crippen LogP contribution in [0.3, 0.4) is 0 Å². The van der Waals surface area contributed by atoms with Gasteiger partial charge < -0.3 is 25.1 Å². The second-order valence-corrected chi connectivity index (χ2v) is 14.5. The molecule has 12 heteroatoms. The number of carboxylic acid groups (broad SMARTS) is 2. The number of benzene rings is 2. The number of aromatic nitrogens is 2. The molecule has 0 bridgehead atoms. The fourth-order valence-corrected chi connectivity index (χ4v) is 7.08. The molecule has 1 aliphatic carbocycles. The number of carbonyl (C=O) groups is 3. The van der Waals surface area contributed by atoms with E-state index in [0.29, 0.717) is 0 Å². The molecule has 0 spiro atoms. The lowest BCUT2D eigenvalue weighted by Crippen LogP contribution is -2.43. The molecule has 1 atom stereocenters. The third-order valence-electron chi connectivity index (χ3n) is 10.1. The highest BCUT2D eigenvalue weighted by atomic mass is 19.4. The quantitative estimate of drug-likeness (QED) is 0.0693. The van der Waals surface area contributed by atoms with Crippen molar-refractivity contribution in [3.8, 4) is 11.1 Å². The summed E-state index contributed by atoms with van der Waals surface area (Å²) in [5.41, 5.74) is 5.50. The standard InChI is InChI=1S/C41H59N3O4.C2HF3O2/c1-3-5-7-9-11-13-15-21-27-43-30-33(44(32-43)28-22-16-14-12-10-8-6-4-2)29-39(40(45)46)42-41(47)48-31-38-36-25-19-17-23-34(36)35-24-18-20-26-37(35)38;3-2(4,5)1(6)7/h17-20,23-26,30,32,38-39H,3-16,21-22,27-29,31H2,1-2H3,(H-,42,45,46,47);(H,6,7)/t39-;/m0./s1. The molecule has 4 rings (SSSR count). The van der Waals surface area contributed by atoms with Gasteiger partial charge in [-0.15, -0.1) is 0 Å². The number of amides is 1. The van der Waals surface area contributed by atoms with Gasteiger partial charge in [0.15, 0.2) is 0 Å². The highest BCUT2D eigenvalue weighted by Crippen LogP contribution is 2.44. The molecule has 0 fully saturated rings. The minimum atomic E-state index is -5.19. The van der Waals surface area contributed by atoms with Crippen molar-refractivity contribution in [1.29, 1.82) is 0 Å². The lowest BCUT2D eigenvalue weighted by molar-refractivity contribution is -0.697. The Bertz CT molecular complexity index is 1560. The van der Waals surface area contributed by atoms with E-state index in [1.165, 1.54) is 89.9 Å². The number of ether oxygens (including phenoxy) is 1. The average molecular weight is 772 g/mol. The predicted octanol–water partition coefficient (Wildman–Crippen LogP) is 8.89. The number of fused-ring (bicyclic) bond motifs is 3. The Morgan fingerprint density at radius 1 is 0.800 bits per heavy atom. The maximum atomic E-state index is 13.0. The third kappa shape index (κ3) is 15.7. The summed E-state index contributed by atoms with van der Waals surface area (Å²) in [5.74, 6) is -4.14. The number of unbranched alkanes of at least 4 members (excludes halogenated alkanes) is 14. The number of nitrogens with zero attached hydrogens (tertiary/aromatic N) is 2. The lowest BCUT2D eigenvalue weighted by Gasteiger charge is -2.17. The molecule has 0 radical (unpaired) electrons. The van der Waals surface area contributed by atoms with E-state index in [9.17, 15) is 27.9 Å². The third-order valence-corrected chi connectivity index (χ3v) is 10.1. The van der Waals surface area contributed by atoms with E-state index in [1.54, 1.807) is 0 Å². The second-order valence-electron chi connectivity index (χ2n) is 14.5. The van der Waals surface area contributed by atoms with Crippen molar-refractivity contribution in [3.05, 3.63) is 77.9 Å². The number of hydrogen-bond donors (Lipinski definition) is 2. The molecule has 0 saturated heterocycles. The SMILES string of the molecule is CCCCCCCCCCn1c[n+](CCCCCCCCCC)cc1C[C@H](NC(=O)OCC1c2ccccc2-c2ccccc21)C(=O)O.O=C([O-])C(F)(F)F. The van der Waals surface area contributed by atoms with Crippen molar-refractivity contribution in [1.82, 2.24) is 9.88 Å². The van der Waals surface area contributed by atoms with Gasteiger partial charge in [0.2, 0.25) is 6.33 Å². The summed E-state index contributed by atoms with van der Waals surface area (Å²) in [5, 5.41) is 21.6. The first-order valence-electron chi connectivity index (χ1n) is 20.2. The lowest BCUT2D eigenvalue weighted by atomic mass is 9.98. The molecule has 2 aromatic carbocycles. The fraction of sp³-hybridized carbons (Fsp3) is 0.581. The van der Waals surface area contributed by atoms with Crippen LogP contribution in [0.25, 0.3) is 11.1 Å². The Morgan fingerprint density at radius 3 is 1.76 bits per heavy atom. The fourth-order valence-electron chi connectivity index (χ4n) is 7.08. The van der Waals surface area contributed by atoms with Gasteiger partial charge in [-0.2, -0.15) is 13.2 Å². The monoisotopic (exact) mass is 771 g/mol. The van der Waals surface area contributed by atoms with Crippen LogP contribution in [0.5, 0.6) is 0 Å². The van der Waals surface area contributed by atoms with E-state index in [4.69, 9.17) is 14.6 Å². The number of alkyl halides is 3.